The molecule has 1 aromatic heterocycles. The van der Waals surface area contributed by atoms with E-state index in [4.69, 9.17) is 28.3 Å². The van der Waals surface area contributed by atoms with Crippen LogP contribution in [-0.4, -0.2) is 21.4 Å². The van der Waals surface area contributed by atoms with Crippen LogP contribution in [0.1, 0.15) is 10.9 Å². The van der Waals surface area contributed by atoms with Gasteiger partial charge in [0.2, 0.25) is 5.91 Å². The minimum Gasteiger partial charge on any atom is -0.295 e. The van der Waals surface area contributed by atoms with E-state index in [1.807, 2.05) is 42.6 Å². The third-order valence-corrected chi connectivity index (χ3v) is 7.11. The van der Waals surface area contributed by atoms with Gasteiger partial charge in [-0.1, -0.05) is 53.5 Å². The summed E-state index contributed by atoms with van der Waals surface area (Å²) in [6.45, 7) is 0. The van der Waals surface area contributed by atoms with E-state index in [-0.39, 0.29) is 11.3 Å². The molecule has 0 radical (unpaired) electrons. The van der Waals surface area contributed by atoms with Crippen molar-refractivity contribution in [1.29, 1.82) is 0 Å². The Hall–Kier alpha value is -2.80. The fraction of sp³-hybridized carbons (Fsp3) is 0.0833. The molecular formula is C24H16Cl2FN3OS. The van der Waals surface area contributed by atoms with Gasteiger partial charge in [0.15, 0.2) is 0 Å². The molecule has 4 aromatic rings. The molecule has 1 unspecified atom stereocenters. The Balaban J connectivity index is 1.67. The van der Waals surface area contributed by atoms with Gasteiger partial charge in [0.05, 0.1) is 27.2 Å². The zero-order chi connectivity index (χ0) is 22.2. The number of rotatable bonds is 4. The average Bonchev–Trinajstić information content (AvgIpc) is 3.40. The lowest BCUT2D eigenvalue weighted by atomic mass is 10.1. The van der Waals surface area contributed by atoms with Crippen molar-refractivity contribution in [3.8, 4) is 16.9 Å². The number of thioether (sulfide) groups is 1. The Kier molecular flexibility index (Phi) is 5.67. The number of amides is 1. The molecule has 1 amide bonds. The molecular weight excluding hydrogens is 468 g/mol. The molecule has 1 atom stereocenters. The van der Waals surface area contributed by atoms with Crippen LogP contribution in [0.5, 0.6) is 0 Å². The standard InChI is InChI=1S/C24H16Cl2FN3OS/c25-20-10-9-15(11-21(20)26)23-19(13-29(28-23)17-6-2-1-3-7-17)24-30(22(31)14-32-24)18-8-4-5-16(27)12-18/h1-13,24H,14H2. The van der Waals surface area contributed by atoms with Gasteiger partial charge in [-0.25, -0.2) is 9.07 Å². The number of carbonyl (C=O) groups excluding carboxylic acids is 1. The Morgan fingerprint density at radius 1 is 0.938 bits per heavy atom. The summed E-state index contributed by atoms with van der Waals surface area (Å²) in [5.74, 6) is -0.188. The Morgan fingerprint density at radius 3 is 2.47 bits per heavy atom. The first-order valence-electron chi connectivity index (χ1n) is 9.81. The summed E-state index contributed by atoms with van der Waals surface area (Å²) in [4.78, 5) is 14.4. The second-order valence-electron chi connectivity index (χ2n) is 7.25. The van der Waals surface area contributed by atoms with Gasteiger partial charge in [0.1, 0.15) is 11.2 Å². The second kappa shape index (κ2) is 8.62. The molecule has 5 rings (SSSR count). The second-order valence-corrected chi connectivity index (χ2v) is 9.13. The van der Waals surface area contributed by atoms with Crippen LogP contribution in [-0.2, 0) is 4.79 Å². The number of benzene rings is 3. The Bertz CT molecular complexity index is 1310. The summed E-state index contributed by atoms with van der Waals surface area (Å²) in [6, 6.07) is 21.1. The number of halogens is 3. The highest BCUT2D eigenvalue weighted by Crippen LogP contribution is 2.45. The smallest absolute Gasteiger partial charge is 0.238 e. The number of carbonyl (C=O) groups is 1. The van der Waals surface area contributed by atoms with Crippen molar-refractivity contribution in [2.45, 2.75) is 5.37 Å². The number of hydrogen-bond donors (Lipinski definition) is 0. The van der Waals surface area contributed by atoms with Crippen LogP contribution in [0.4, 0.5) is 10.1 Å². The molecule has 0 N–H and O–H groups in total. The normalized spacial score (nSPS) is 16.0. The van der Waals surface area contributed by atoms with Gasteiger partial charge in [-0.3, -0.25) is 9.69 Å². The van der Waals surface area contributed by atoms with Crippen molar-refractivity contribution in [2.75, 3.05) is 10.7 Å². The van der Waals surface area contributed by atoms with Crippen LogP contribution in [0, 0.1) is 5.82 Å². The molecule has 1 saturated heterocycles. The van der Waals surface area contributed by atoms with Crippen LogP contribution in [0.15, 0.2) is 79.0 Å². The topological polar surface area (TPSA) is 38.1 Å². The van der Waals surface area contributed by atoms with E-state index < -0.39 is 5.82 Å². The molecule has 160 valence electrons. The third-order valence-electron chi connectivity index (χ3n) is 5.18. The Labute approximate surface area is 198 Å². The van der Waals surface area contributed by atoms with Crippen molar-refractivity contribution in [1.82, 2.24) is 9.78 Å². The predicted octanol–water partition coefficient (Wildman–Crippen LogP) is 6.76. The Morgan fingerprint density at radius 2 is 1.72 bits per heavy atom. The fourth-order valence-electron chi connectivity index (χ4n) is 3.71. The monoisotopic (exact) mass is 483 g/mol. The maximum absolute atomic E-state index is 13.9. The van der Waals surface area contributed by atoms with Crippen LogP contribution < -0.4 is 4.90 Å². The van der Waals surface area contributed by atoms with Gasteiger partial charge in [0.25, 0.3) is 0 Å². The summed E-state index contributed by atoms with van der Waals surface area (Å²) in [7, 11) is 0. The summed E-state index contributed by atoms with van der Waals surface area (Å²) in [6.07, 6.45) is 1.91. The van der Waals surface area contributed by atoms with Crippen LogP contribution >= 0.6 is 35.0 Å². The molecule has 1 aliphatic heterocycles. The zero-order valence-corrected chi connectivity index (χ0v) is 18.9. The van der Waals surface area contributed by atoms with E-state index in [0.29, 0.717) is 27.2 Å². The van der Waals surface area contributed by atoms with E-state index in [1.54, 1.807) is 33.8 Å². The molecule has 0 spiro atoms. The van der Waals surface area contributed by atoms with Gasteiger partial charge in [-0.05, 0) is 42.5 Å². The summed E-state index contributed by atoms with van der Waals surface area (Å²) in [5, 5.41) is 5.33. The SMILES string of the molecule is O=C1CSC(c2cn(-c3ccccc3)nc2-c2ccc(Cl)c(Cl)c2)N1c1cccc(F)c1. The highest BCUT2D eigenvalue weighted by Gasteiger charge is 2.37. The van der Waals surface area contributed by atoms with E-state index >= 15 is 0 Å². The van der Waals surface area contributed by atoms with Crippen LogP contribution in [0.25, 0.3) is 16.9 Å². The first-order chi connectivity index (χ1) is 15.5. The highest BCUT2D eigenvalue weighted by molar-refractivity contribution is 8.00. The molecule has 1 fully saturated rings. The minimum atomic E-state index is -0.393. The number of para-hydroxylation sites is 1. The maximum atomic E-state index is 13.9. The molecule has 4 nitrogen and oxygen atoms in total. The van der Waals surface area contributed by atoms with Crippen molar-refractivity contribution in [3.05, 3.63) is 100 Å². The lowest BCUT2D eigenvalue weighted by Crippen LogP contribution is -2.28. The van der Waals surface area contributed by atoms with Crippen molar-refractivity contribution in [2.24, 2.45) is 0 Å². The summed E-state index contributed by atoms with van der Waals surface area (Å²) < 4.78 is 15.7. The number of anilines is 1. The van der Waals surface area contributed by atoms with E-state index in [2.05, 4.69) is 0 Å². The van der Waals surface area contributed by atoms with Crippen molar-refractivity contribution < 1.29 is 9.18 Å². The minimum absolute atomic E-state index is 0.0850. The van der Waals surface area contributed by atoms with Gasteiger partial charge in [-0.15, -0.1) is 11.8 Å². The van der Waals surface area contributed by atoms with E-state index in [0.717, 1.165) is 16.8 Å². The highest BCUT2D eigenvalue weighted by atomic mass is 35.5. The first kappa shape index (κ1) is 21.1. The molecule has 8 heteroatoms. The average molecular weight is 484 g/mol. The lowest BCUT2D eigenvalue weighted by molar-refractivity contribution is -0.115. The van der Waals surface area contributed by atoms with Crippen molar-refractivity contribution in [3.63, 3.8) is 0 Å². The van der Waals surface area contributed by atoms with Crippen molar-refractivity contribution >= 4 is 46.6 Å². The molecule has 2 heterocycles. The molecule has 3 aromatic carbocycles. The third kappa shape index (κ3) is 3.90. The van der Waals surface area contributed by atoms with Crippen LogP contribution in [0.2, 0.25) is 10.0 Å². The first-order valence-corrected chi connectivity index (χ1v) is 11.6. The van der Waals surface area contributed by atoms with E-state index in [1.165, 1.54) is 23.9 Å². The lowest BCUT2D eigenvalue weighted by Gasteiger charge is -2.24. The zero-order valence-electron chi connectivity index (χ0n) is 16.6. The van der Waals surface area contributed by atoms with Gasteiger partial charge < -0.3 is 0 Å². The summed E-state index contributed by atoms with van der Waals surface area (Å²) >= 11 is 13.9. The van der Waals surface area contributed by atoms with Crippen LogP contribution in [0.3, 0.4) is 0 Å². The van der Waals surface area contributed by atoms with Gasteiger partial charge >= 0.3 is 0 Å². The van der Waals surface area contributed by atoms with E-state index in [9.17, 15) is 9.18 Å². The van der Waals surface area contributed by atoms with Gasteiger partial charge in [0, 0.05) is 23.0 Å². The molecule has 0 aliphatic carbocycles. The molecule has 0 saturated carbocycles. The predicted molar refractivity (Wildman–Crippen MR) is 128 cm³/mol. The number of hydrogen-bond acceptors (Lipinski definition) is 3. The summed E-state index contributed by atoms with van der Waals surface area (Å²) in [5.41, 5.74) is 3.68. The number of aromatic nitrogens is 2. The molecule has 1 aliphatic rings. The fourth-order valence-corrected chi connectivity index (χ4v) is 5.19. The molecule has 0 bridgehead atoms. The maximum Gasteiger partial charge on any atom is 0.238 e. The van der Waals surface area contributed by atoms with Gasteiger partial charge in [-0.2, -0.15) is 5.10 Å². The molecule has 32 heavy (non-hydrogen) atoms. The largest absolute Gasteiger partial charge is 0.295 e. The quantitative estimate of drug-likeness (QED) is 0.321. The number of nitrogens with zero attached hydrogens (tertiary/aromatic N) is 3.